The topological polar surface area (TPSA) is 63.2 Å². The van der Waals surface area contributed by atoms with Crippen LogP contribution < -0.4 is 0 Å². The van der Waals surface area contributed by atoms with E-state index in [-0.39, 0.29) is 34.2 Å². The van der Waals surface area contributed by atoms with Crippen molar-refractivity contribution >= 4 is 22.6 Å². The van der Waals surface area contributed by atoms with E-state index in [1.807, 2.05) is 0 Å². The third-order valence-electron chi connectivity index (χ3n) is 7.94. The van der Waals surface area contributed by atoms with Crippen LogP contribution in [0.4, 0.5) is 0 Å². The van der Waals surface area contributed by atoms with Crippen molar-refractivity contribution < 1.29 is 27.9 Å². The summed E-state index contributed by atoms with van der Waals surface area (Å²) in [5.41, 5.74) is 0. The van der Waals surface area contributed by atoms with E-state index in [4.69, 9.17) is 23.1 Å². The van der Waals surface area contributed by atoms with Crippen LogP contribution in [0.15, 0.2) is 0 Å². The minimum atomic E-state index is -1.86. The van der Waals surface area contributed by atoms with E-state index in [0.29, 0.717) is 32.8 Å². The number of carbonyl (C=O) groups is 1. The fraction of sp³-hybridized carbons (Fsp3) is 0.960. The van der Waals surface area contributed by atoms with E-state index in [1.54, 1.807) is 0 Å². The van der Waals surface area contributed by atoms with Gasteiger partial charge in [0.25, 0.3) is 0 Å². The summed E-state index contributed by atoms with van der Waals surface area (Å²) in [5.74, 6) is -0.0935. The van der Waals surface area contributed by atoms with Crippen molar-refractivity contribution in [3.8, 4) is 0 Å². The van der Waals surface area contributed by atoms with Crippen LogP contribution in [-0.2, 0) is 27.9 Å². The number of rotatable bonds is 12. The lowest BCUT2D eigenvalue weighted by atomic mass is 9.84. The van der Waals surface area contributed by atoms with Crippen molar-refractivity contribution in [1.29, 1.82) is 0 Å². The molecular formula is C25H52O6Si2. The van der Waals surface area contributed by atoms with Crippen LogP contribution in [0.2, 0.25) is 36.3 Å². The second kappa shape index (κ2) is 12.6. The molecule has 0 radical (unpaired) electrons. The molecule has 0 aliphatic carbocycles. The van der Waals surface area contributed by atoms with Gasteiger partial charge in [-0.05, 0) is 61.4 Å². The molecule has 1 rings (SSSR count). The van der Waals surface area contributed by atoms with Crippen LogP contribution in [0.5, 0.6) is 0 Å². The van der Waals surface area contributed by atoms with Gasteiger partial charge in [-0.3, -0.25) is 4.79 Å². The molecule has 0 bridgehead atoms. The Kier molecular flexibility index (Phi) is 11.8. The SMILES string of the molecule is COC(=O)C[C@@H](CCO[Si](C)(C)C(C)(C)C)[C@@H](CCO[Si](C)(C)C(C)(C)C)C1OCCCO1. The number of carbonyl (C=O) groups excluding carboxylic acids is 1. The molecule has 1 heterocycles. The van der Waals surface area contributed by atoms with Gasteiger partial charge in [0.2, 0.25) is 0 Å². The molecule has 0 aromatic heterocycles. The van der Waals surface area contributed by atoms with E-state index in [2.05, 4.69) is 67.7 Å². The smallest absolute Gasteiger partial charge is 0.305 e. The molecule has 0 amide bonds. The number of methoxy groups -OCH3 is 1. The average molecular weight is 505 g/mol. The van der Waals surface area contributed by atoms with E-state index in [1.165, 1.54) is 7.11 Å². The summed E-state index contributed by atoms with van der Waals surface area (Å²) in [6.07, 6.45) is 2.49. The minimum absolute atomic E-state index is 0.0494. The van der Waals surface area contributed by atoms with Crippen molar-refractivity contribution in [2.24, 2.45) is 11.8 Å². The van der Waals surface area contributed by atoms with Crippen molar-refractivity contribution in [1.82, 2.24) is 0 Å². The average Bonchev–Trinajstić information content (AvgIpc) is 2.69. The Bertz CT molecular complexity index is 589. The van der Waals surface area contributed by atoms with Crippen molar-refractivity contribution in [3.05, 3.63) is 0 Å². The van der Waals surface area contributed by atoms with Gasteiger partial charge >= 0.3 is 5.97 Å². The van der Waals surface area contributed by atoms with Crippen LogP contribution in [0.25, 0.3) is 0 Å². The highest BCUT2D eigenvalue weighted by molar-refractivity contribution is 6.74. The standard InChI is InChI=1S/C25H52O6Si2/c1-24(2,3)32(8,9)30-17-13-20(19-22(26)27-7)21(23-28-15-12-16-29-23)14-18-31-33(10,11)25(4,5)6/h20-21,23H,12-19H2,1-11H3/t20-,21-/m1/s1. The highest BCUT2D eigenvalue weighted by atomic mass is 28.4. The van der Waals surface area contributed by atoms with Gasteiger partial charge in [0.05, 0.1) is 20.3 Å². The molecule has 196 valence electrons. The molecule has 0 spiro atoms. The normalized spacial score (nSPS) is 18.8. The van der Waals surface area contributed by atoms with Gasteiger partial charge in [-0.2, -0.15) is 0 Å². The number of hydrogen-bond acceptors (Lipinski definition) is 6. The number of ether oxygens (including phenoxy) is 3. The summed E-state index contributed by atoms with van der Waals surface area (Å²) in [4.78, 5) is 12.3. The van der Waals surface area contributed by atoms with Gasteiger partial charge < -0.3 is 23.1 Å². The summed E-state index contributed by atoms with van der Waals surface area (Å²) in [6.45, 7) is 25.2. The monoisotopic (exact) mass is 504 g/mol. The van der Waals surface area contributed by atoms with Crippen LogP contribution in [0.1, 0.15) is 67.2 Å². The zero-order chi connectivity index (χ0) is 25.5. The maximum atomic E-state index is 12.3. The first-order chi connectivity index (χ1) is 15.0. The van der Waals surface area contributed by atoms with E-state index in [0.717, 1.165) is 19.3 Å². The molecule has 1 aliphatic heterocycles. The molecule has 1 fully saturated rings. The van der Waals surface area contributed by atoms with E-state index >= 15 is 0 Å². The molecule has 0 aromatic carbocycles. The lowest BCUT2D eigenvalue weighted by Crippen LogP contribution is -2.43. The molecule has 2 atom stereocenters. The van der Waals surface area contributed by atoms with Crippen molar-refractivity contribution in [2.75, 3.05) is 33.5 Å². The first-order valence-electron chi connectivity index (χ1n) is 12.6. The molecule has 0 aromatic rings. The lowest BCUT2D eigenvalue weighted by Gasteiger charge is -2.39. The van der Waals surface area contributed by atoms with Crippen molar-refractivity contribution in [3.63, 3.8) is 0 Å². The Morgan fingerprint density at radius 2 is 1.33 bits per heavy atom. The van der Waals surface area contributed by atoms with Crippen LogP contribution >= 0.6 is 0 Å². The second-order valence-electron chi connectivity index (χ2n) is 12.5. The quantitative estimate of drug-likeness (QED) is 0.227. The van der Waals surface area contributed by atoms with Gasteiger partial charge in [0, 0.05) is 25.6 Å². The van der Waals surface area contributed by atoms with E-state index in [9.17, 15) is 4.79 Å². The Labute approximate surface area is 205 Å². The Morgan fingerprint density at radius 1 is 0.879 bits per heavy atom. The van der Waals surface area contributed by atoms with Crippen molar-refractivity contribution in [2.45, 2.75) is 110 Å². The number of hydrogen-bond donors (Lipinski definition) is 0. The van der Waals surface area contributed by atoms with Gasteiger partial charge in [0.1, 0.15) is 0 Å². The molecule has 33 heavy (non-hydrogen) atoms. The lowest BCUT2D eigenvalue weighted by molar-refractivity contribution is -0.217. The molecule has 1 saturated heterocycles. The molecule has 0 saturated carbocycles. The second-order valence-corrected chi connectivity index (χ2v) is 22.1. The molecule has 0 unspecified atom stereocenters. The van der Waals surface area contributed by atoms with Crippen LogP contribution in [-0.4, -0.2) is 62.4 Å². The molecule has 8 heteroatoms. The third-order valence-corrected chi connectivity index (χ3v) is 17.0. The summed E-state index contributed by atoms with van der Waals surface area (Å²) >= 11 is 0. The van der Waals surface area contributed by atoms with Gasteiger partial charge in [-0.15, -0.1) is 0 Å². The molecular weight excluding hydrogens is 452 g/mol. The summed E-state index contributed by atoms with van der Waals surface area (Å²) in [5, 5.41) is 0.305. The van der Waals surface area contributed by atoms with Gasteiger partial charge in [-0.1, -0.05) is 41.5 Å². The highest BCUT2D eigenvalue weighted by Gasteiger charge is 2.40. The maximum absolute atomic E-state index is 12.3. The Hall–Kier alpha value is -0.256. The molecule has 1 aliphatic rings. The molecule has 6 nitrogen and oxygen atoms in total. The Morgan fingerprint density at radius 3 is 1.76 bits per heavy atom. The summed E-state index contributed by atoms with van der Waals surface area (Å²) < 4.78 is 30.1. The largest absolute Gasteiger partial charge is 0.469 e. The fourth-order valence-electron chi connectivity index (χ4n) is 3.46. The predicted molar refractivity (Wildman–Crippen MR) is 139 cm³/mol. The van der Waals surface area contributed by atoms with E-state index < -0.39 is 16.6 Å². The highest BCUT2D eigenvalue weighted by Crippen LogP contribution is 2.39. The van der Waals surface area contributed by atoms with Crippen LogP contribution in [0, 0.1) is 11.8 Å². The van der Waals surface area contributed by atoms with Crippen LogP contribution in [0.3, 0.4) is 0 Å². The summed E-state index contributed by atoms with van der Waals surface area (Å²) in [6, 6.07) is 0. The zero-order valence-corrected chi connectivity index (χ0v) is 25.3. The first kappa shape index (κ1) is 30.8. The predicted octanol–water partition coefficient (Wildman–Crippen LogP) is 6.37. The third kappa shape index (κ3) is 9.72. The number of esters is 1. The molecule has 0 N–H and O–H groups in total. The Balaban J connectivity index is 2.97. The zero-order valence-electron chi connectivity index (χ0n) is 23.3. The minimum Gasteiger partial charge on any atom is -0.469 e. The van der Waals surface area contributed by atoms with Gasteiger partial charge in [0.15, 0.2) is 22.9 Å². The maximum Gasteiger partial charge on any atom is 0.305 e. The first-order valence-corrected chi connectivity index (χ1v) is 18.4. The fourth-order valence-corrected chi connectivity index (χ4v) is 5.58. The summed E-state index contributed by atoms with van der Waals surface area (Å²) in [7, 11) is -2.27. The van der Waals surface area contributed by atoms with Gasteiger partial charge in [-0.25, -0.2) is 0 Å².